The van der Waals surface area contributed by atoms with Crippen LogP contribution in [0, 0.1) is 20.8 Å². The van der Waals surface area contributed by atoms with Gasteiger partial charge in [-0.3, -0.25) is 4.68 Å². The summed E-state index contributed by atoms with van der Waals surface area (Å²) in [5, 5.41) is 8.54. The zero-order chi connectivity index (χ0) is 15.0. The topological polar surface area (TPSA) is 29.9 Å². The molecule has 21 heavy (non-hydrogen) atoms. The third kappa shape index (κ3) is 2.40. The average Bonchev–Trinajstić information content (AvgIpc) is 2.98. The van der Waals surface area contributed by atoms with Crippen LogP contribution in [0.1, 0.15) is 53.5 Å². The smallest absolute Gasteiger partial charge is 0.0757 e. The Morgan fingerprint density at radius 1 is 1.24 bits per heavy atom. The van der Waals surface area contributed by atoms with Gasteiger partial charge >= 0.3 is 0 Å². The first-order valence-corrected chi connectivity index (χ1v) is 7.97. The van der Waals surface area contributed by atoms with E-state index in [1.165, 1.54) is 22.4 Å². The molecule has 1 aromatic carbocycles. The maximum Gasteiger partial charge on any atom is 0.0757 e. The molecule has 112 valence electrons. The molecule has 2 unspecified atom stereocenters. The SMILES string of the molecule is CCCNC1c2ccccc2CC1n1nc(C)c(C)c1C. The molecule has 2 aromatic rings. The lowest BCUT2D eigenvalue weighted by Crippen LogP contribution is -2.29. The molecule has 2 atom stereocenters. The summed E-state index contributed by atoms with van der Waals surface area (Å²) in [4.78, 5) is 0. The van der Waals surface area contributed by atoms with Gasteiger partial charge in [-0.2, -0.15) is 5.10 Å². The molecule has 1 aliphatic carbocycles. The van der Waals surface area contributed by atoms with Crippen LogP contribution in [0.15, 0.2) is 24.3 Å². The quantitative estimate of drug-likeness (QED) is 0.928. The van der Waals surface area contributed by atoms with Crippen molar-refractivity contribution < 1.29 is 0 Å². The number of rotatable bonds is 4. The molecular formula is C18H25N3. The molecule has 0 radical (unpaired) electrons. The summed E-state index contributed by atoms with van der Waals surface area (Å²) >= 11 is 0. The highest BCUT2D eigenvalue weighted by molar-refractivity contribution is 5.37. The Balaban J connectivity index is 2.00. The van der Waals surface area contributed by atoms with E-state index in [1.54, 1.807) is 0 Å². The summed E-state index contributed by atoms with van der Waals surface area (Å²) in [5.41, 5.74) is 6.67. The van der Waals surface area contributed by atoms with Gasteiger partial charge in [-0.15, -0.1) is 0 Å². The fourth-order valence-electron chi connectivity index (χ4n) is 3.42. The molecule has 3 rings (SSSR count). The molecule has 0 fully saturated rings. The minimum absolute atomic E-state index is 0.374. The monoisotopic (exact) mass is 283 g/mol. The first-order chi connectivity index (χ1) is 10.1. The molecule has 3 heteroatoms. The van der Waals surface area contributed by atoms with E-state index in [0.717, 1.165) is 25.1 Å². The van der Waals surface area contributed by atoms with E-state index in [1.807, 2.05) is 0 Å². The number of hydrogen-bond donors (Lipinski definition) is 1. The number of hydrogen-bond acceptors (Lipinski definition) is 2. The third-order valence-electron chi connectivity index (χ3n) is 4.82. The van der Waals surface area contributed by atoms with Crippen LogP contribution < -0.4 is 5.32 Å². The molecule has 3 nitrogen and oxygen atoms in total. The lowest BCUT2D eigenvalue weighted by atomic mass is 10.1. The van der Waals surface area contributed by atoms with Crippen LogP contribution in [0.3, 0.4) is 0 Å². The normalized spacial score (nSPS) is 20.8. The highest BCUT2D eigenvalue weighted by Crippen LogP contribution is 2.40. The van der Waals surface area contributed by atoms with Crippen molar-refractivity contribution in [3.63, 3.8) is 0 Å². The Kier molecular flexibility index (Phi) is 3.85. The van der Waals surface area contributed by atoms with Crippen molar-refractivity contribution >= 4 is 0 Å². The van der Waals surface area contributed by atoms with Gasteiger partial charge in [-0.25, -0.2) is 0 Å². The van der Waals surface area contributed by atoms with E-state index in [2.05, 4.69) is 62.0 Å². The van der Waals surface area contributed by atoms with E-state index < -0.39 is 0 Å². The van der Waals surface area contributed by atoms with E-state index >= 15 is 0 Å². The number of fused-ring (bicyclic) bond motifs is 1. The predicted octanol–water partition coefficient (Wildman–Crippen LogP) is 3.65. The van der Waals surface area contributed by atoms with Gasteiger partial charge in [0.1, 0.15) is 0 Å². The lowest BCUT2D eigenvalue weighted by Gasteiger charge is -2.23. The van der Waals surface area contributed by atoms with Gasteiger partial charge in [-0.1, -0.05) is 31.2 Å². The standard InChI is InChI=1S/C18H25N3/c1-5-10-19-18-16-9-7-6-8-15(16)11-17(18)21-14(4)12(2)13(3)20-21/h6-9,17-19H,5,10-11H2,1-4H3. The van der Waals surface area contributed by atoms with Gasteiger partial charge in [0.2, 0.25) is 0 Å². The van der Waals surface area contributed by atoms with Gasteiger partial charge in [0, 0.05) is 5.69 Å². The van der Waals surface area contributed by atoms with Crippen LogP contribution in [0.4, 0.5) is 0 Å². The summed E-state index contributed by atoms with van der Waals surface area (Å²) in [5.74, 6) is 0. The second-order valence-electron chi connectivity index (χ2n) is 6.14. The van der Waals surface area contributed by atoms with Gasteiger partial charge in [0.15, 0.2) is 0 Å². The molecular weight excluding hydrogens is 258 g/mol. The largest absolute Gasteiger partial charge is 0.308 e. The zero-order valence-electron chi connectivity index (χ0n) is 13.5. The van der Waals surface area contributed by atoms with Crippen molar-refractivity contribution in [3.8, 4) is 0 Å². The second-order valence-corrected chi connectivity index (χ2v) is 6.14. The molecule has 1 aromatic heterocycles. The number of benzene rings is 1. The fraction of sp³-hybridized carbons (Fsp3) is 0.500. The van der Waals surface area contributed by atoms with E-state index in [0.29, 0.717) is 12.1 Å². The number of aryl methyl sites for hydroxylation is 1. The highest BCUT2D eigenvalue weighted by Gasteiger charge is 2.34. The Morgan fingerprint density at radius 2 is 2.00 bits per heavy atom. The van der Waals surface area contributed by atoms with Crippen molar-refractivity contribution in [3.05, 3.63) is 52.3 Å². The van der Waals surface area contributed by atoms with Crippen LogP contribution in [0.5, 0.6) is 0 Å². The number of nitrogens with zero attached hydrogens (tertiary/aromatic N) is 2. The van der Waals surface area contributed by atoms with E-state index in [4.69, 9.17) is 5.10 Å². The van der Waals surface area contributed by atoms with Crippen molar-refractivity contribution in [1.82, 2.24) is 15.1 Å². The Hall–Kier alpha value is -1.61. The molecule has 0 amide bonds. The van der Waals surface area contributed by atoms with Crippen molar-refractivity contribution in [2.75, 3.05) is 6.54 Å². The molecule has 1 aliphatic rings. The number of aromatic nitrogens is 2. The highest BCUT2D eigenvalue weighted by atomic mass is 15.3. The molecule has 0 saturated carbocycles. The van der Waals surface area contributed by atoms with Crippen molar-refractivity contribution in [2.24, 2.45) is 0 Å². The fourth-order valence-corrected chi connectivity index (χ4v) is 3.42. The zero-order valence-corrected chi connectivity index (χ0v) is 13.5. The van der Waals surface area contributed by atoms with Crippen LogP contribution in [0.25, 0.3) is 0 Å². The third-order valence-corrected chi connectivity index (χ3v) is 4.82. The van der Waals surface area contributed by atoms with Gasteiger partial charge in [0.05, 0.1) is 17.8 Å². The van der Waals surface area contributed by atoms with Crippen LogP contribution in [-0.4, -0.2) is 16.3 Å². The summed E-state index contributed by atoms with van der Waals surface area (Å²) < 4.78 is 2.25. The minimum atomic E-state index is 0.374. The Labute approximate surface area is 127 Å². The first kappa shape index (κ1) is 14.3. The van der Waals surface area contributed by atoms with Gasteiger partial charge in [-0.05, 0) is 56.8 Å². The predicted molar refractivity (Wildman–Crippen MR) is 86.7 cm³/mol. The Bertz CT molecular complexity index is 642. The maximum absolute atomic E-state index is 4.81. The molecule has 0 spiro atoms. The summed E-state index contributed by atoms with van der Waals surface area (Å²) in [7, 11) is 0. The van der Waals surface area contributed by atoms with E-state index in [-0.39, 0.29) is 0 Å². The number of nitrogens with one attached hydrogen (secondary N) is 1. The molecule has 0 aliphatic heterocycles. The van der Waals surface area contributed by atoms with Gasteiger partial charge < -0.3 is 5.32 Å². The summed E-state index contributed by atoms with van der Waals surface area (Å²) in [6.45, 7) is 9.74. The molecule has 0 bridgehead atoms. The maximum atomic E-state index is 4.81. The summed E-state index contributed by atoms with van der Waals surface area (Å²) in [6, 6.07) is 9.58. The Morgan fingerprint density at radius 3 is 2.67 bits per heavy atom. The van der Waals surface area contributed by atoms with Crippen molar-refractivity contribution in [2.45, 2.75) is 52.6 Å². The second kappa shape index (κ2) is 5.64. The van der Waals surface area contributed by atoms with Crippen LogP contribution in [-0.2, 0) is 6.42 Å². The van der Waals surface area contributed by atoms with Crippen molar-refractivity contribution in [1.29, 1.82) is 0 Å². The van der Waals surface area contributed by atoms with Crippen LogP contribution >= 0.6 is 0 Å². The lowest BCUT2D eigenvalue weighted by molar-refractivity contribution is 0.348. The van der Waals surface area contributed by atoms with Gasteiger partial charge in [0.25, 0.3) is 0 Å². The summed E-state index contributed by atoms with van der Waals surface area (Å²) in [6.07, 6.45) is 2.22. The minimum Gasteiger partial charge on any atom is -0.308 e. The average molecular weight is 283 g/mol. The molecule has 1 N–H and O–H groups in total. The first-order valence-electron chi connectivity index (χ1n) is 7.97. The molecule has 0 saturated heterocycles. The van der Waals surface area contributed by atoms with E-state index in [9.17, 15) is 0 Å². The molecule has 1 heterocycles. The van der Waals surface area contributed by atoms with Crippen LogP contribution in [0.2, 0.25) is 0 Å².